The summed E-state index contributed by atoms with van der Waals surface area (Å²) in [4.78, 5) is 28.9. The highest BCUT2D eigenvalue weighted by Gasteiger charge is 2.58. The second-order valence-electron chi connectivity index (χ2n) is 7.76. The Morgan fingerprint density at radius 3 is 2.58 bits per heavy atom. The first-order valence-electron chi connectivity index (χ1n) is 10.6. The Labute approximate surface area is 221 Å². The highest BCUT2D eigenvalue weighted by atomic mass is 35.5. The van der Waals surface area contributed by atoms with E-state index in [1.807, 2.05) is 12.1 Å². The van der Waals surface area contributed by atoms with Crippen LogP contribution in [0, 0.1) is 0 Å². The van der Waals surface area contributed by atoms with Crippen LogP contribution in [0.4, 0.5) is 15.8 Å². The molecule has 0 aliphatic carbocycles. The van der Waals surface area contributed by atoms with Crippen molar-refractivity contribution in [3.8, 4) is 11.5 Å². The zero-order valence-electron chi connectivity index (χ0n) is 18.8. The van der Waals surface area contributed by atoms with Gasteiger partial charge < -0.3 is 25.4 Å². The van der Waals surface area contributed by atoms with Crippen LogP contribution in [-0.2, 0) is 17.8 Å². The summed E-state index contributed by atoms with van der Waals surface area (Å²) < 4.78 is 22.1. The molecule has 0 bridgehead atoms. The molecule has 0 saturated heterocycles. The molecular formula is C24H20Cl3FN4O4. The van der Waals surface area contributed by atoms with Gasteiger partial charge in [-0.1, -0.05) is 12.1 Å². The molecule has 3 N–H and O–H groups in total. The summed E-state index contributed by atoms with van der Waals surface area (Å²) in [5.74, 6) is -0.589. The van der Waals surface area contributed by atoms with E-state index in [1.54, 1.807) is 37.5 Å². The van der Waals surface area contributed by atoms with Gasteiger partial charge in [0.05, 0.1) is 12.0 Å². The molecule has 2 heterocycles. The van der Waals surface area contributed by atoms with E-state index in [-0.39, 0.29) is 23.8 Å². The first kappa shape index (κ1) is 25.8. The van der Waals surface area contributed by atoms with Crippen molar-refractivity contribution in [1.82, 2.24) is 10.3 Å². The second kappa shape index (κ2) is 10.4. The van der Waals surface area contributed by atoms with Crippen molar-refractivity contribution in [3.05, 3.63) is 77.6 Å². The van der Waals surface area contributed by atoms with Crippen LogP contribution in [0.25, 0.3) is 0 Å². The Kier molecular flexibility index (Phi) is 7.44. The standard InChI is InChI=1S/C24H20Cl3FN4O4/c1-29-21(33)12-16-10-14(8-9-30-16)13-31-18-5-3-2-4-17(18)22(34)32-15-6-7-19-20(11-15)36-24(27,28)23(25,26)35-19/h2-11,31H,12-13H2,1H3,(H,29,33)(H,32,34). The summed E-state index contributed by atoms with van der Waals surface area (Å²) in [6, 6.07) is 14.8. The van der Waals surface area contributed by atoms with Crippen molar-refractivity contribution >= 4 is 58.0 Å². The number of carbonyl (C=O) groups excluding carboxylic acids is 2. The van der Waals surface area contributed by atoms with Crippen LogP contribution in [0.2, 0.25) is 0 Å². The molecule has 2 aromatic carbocycles. The van der Waals surface area contributed by atoms with Gasteiger partial charge in [0.25, 0.3) is 5.91 Å². The third-order valence-corrected chi connectivity index (χ3v) is 6.35. The number of alkyl halides is 4. The highest BCUT2D eigenvalue weighted by Crippen LogP contribution is 2.51. The van der Waals surface area contributed by atoms with E-state index in [9.17, 15) is 14.0 Å². The lowest BCUT2D eigenvalue weighted by atomic mass is 10.1. The largest absolute Gasteiger partial charge is 0.447 e. The molecule has 0 saturated carbocycles. The zero-order chi connectivity index (χ0) is 25.9. The maximum Gasteiger partial charge on any atom is 0.397 e. The number of hydrogen-bond acceptors (Lipinski definition) is 6. The maximum absolute atomic E-state index is 14.4. The van der Waals surface area contributed by atoms with Crippen molar-refractivity contribution in [3.63, 3.8) is 0 Å². The number of carbonyl (C=O) groups is 2. The van der Waals surface area contributed by atoms with Gasteiger partial charge in [0, 0.05) is 42.9 Å². The zero-order valence-corrected chi connectivity index (χ0v) is 21.0. The molecule has 2 amide bonds. The summed E-state index contributed by atoms with van der Waals surface area (Å²) in [6.07, 6.45) is 1.80. The predicted octanol–water partition coefficient (Wildman–Crippen LogP) is 5.00. The minimum atomic E-state index is -3.03. The molecule has 1 aromatic heterocycles. The maximum atomic E-state index is 14.4. The number of aromatic nitrogens is 1. The lowest BCUT2D eigenvalue weighted by Crippen LogP contribution is -2.49. The van der Waals surface area contributed by atoms with Crippen LogP contribution < -0.4 is 25.4 Å². The number of halogens is 4. The SMILES string of the molecule is CNC(=O)Cc1cc(CNc2ccccc2C(=O)Nc2ccc3c(c2)OC(F)(Cl)C(Cl)(Cl)O3)ccn1. The number of benzene rings is 2. The fourth-order valence-electron chi connectivity index (χ4n) is 3.36. The van der Waals surface area contributed by atoms with Crippen LogP contribution in [-0.4, -0.2) is 33.7 Å². The number of pyridine rings is 1. The van der Waals surface area contributed by atoms with Crippen LogP contribution in [0.15, 0.2) is 60.8 Å². The van der Waals surface area contributed by atoms with E-state index in [0.29, 0.717) is 29.2 Å². The van der Waals surface area contributed by atoms with E-state index >= 15 is 0 Å². The molecular weight excluding hydrogens is 534 g/mol. The number of anilines is 2. The van der Waals surface area contributed by atoms with Crippen molar-refractivity contribution in [2.45, 2.75) is 22.8 Å². The number of hydrogen-bond donors (Lipinski definition) is 3. The fourth-order valence-corrected chi connectivity index (χ4v) is 3.73. The Bertz CT molecular complexity index is 1310. The summed E-state index contributed by atoms with van der Waals surface area (Å²) in [7, 11) is 1.57. The molecule has 0 spiro atoms. The molecule has 4 rings (SSSR count). The van der Waals surface area contributed by atoms with Gasteiger partial charge in [-0.15, -0.1) is 0 Å². The monoisotopic (exact) mass is 552 g/mol. The van der Waals surface area contributed by atoms with E-state index in [4.69, 9.17) is 44.3 Å². The summed E-state index contributed by atoms with van der Waals surface area (Å²) in [6.45, 7) is 0.393. The number of fused-ring (bicyclic) bond motifs is 1. The van der Waals surface area contributed by atoms with E-state index in [2.05, 4.69) is 20.9 Å². The topological polar surface area (TPSA) is 102 Å². The average molecular weight is 554 g/mol. The van der Waals surface area contributed by atoms with Gasteiger partial charge >= 0.3 is 9.83 Å². The number of rotatable bonds is 7. The number of nitrogens with zero attached hydrogens (tertiary/aromatic N) is 1. The van der Waals surface area contributed by atoms with Crippen LogP contribution >= 0.6 is 34.8 Å². The summed E-state index contributed by atoms with van der Waals surface area (Å²) in [5.41, 5.74) is 2.76. The molecule has 8 nitrogen and oxygen atoms in total. The van der Waals surface area contributed by atoms with Gasteiger partial charge in [0.1, 0.15) is 0 Å². The Morgan fingerprint density at radius 1 is 1.03 bits per heavy atom. The quantitative estimate of drug-likeness (QED) is 0.356. The van der Waals surface area contributed by atoms with E-state index in [1.165, 1.54) is 18.2 Å². The lowest BCUT2D eigenvalue weighted by molar-refractivity contribution is -0.120. The third-order valence-electron chi connectivity index (χ3n) is 5.17. The van der Waals surface area contributed by atoms with Crippen molar-refractivity contribution in [1.29, 1.82) is 0 Å². The first-order valence-corrected chi connectivity index (χ1v) is 11.8. The first-order chi connectivity index (χ1) is 17.1. The number of para-hydroxylation sites is 1. The van der Waals surface area contributed by atoms with Crippen molar-refractivity contribution in [2.24, 2.45) is 0 Å². The van der Waals surface area contributed by atoms with Gasteiger partial charge in [0.2, 0.25) is 5.91 Å². The number of amides is 2. The summed E-state index contributed by atoms with van der Waals surface area (Å²) in [5, 5.41) is 5.49. The normalized spacial score (nSPS) is 17.7. The van der Waals surface area contributed by atoms with E-state index in [0.717, 1.165) is 5.56 Å². The van der Waals surface area contributed by atoms with Crippen molar-refractivity contribution in [2.75, 3.05) is 17.7 Å². The highest BCUT2D eigenvalue weighted by molar-refractivity contribution is 6.52. The third kappa shape index (κ3) is 5.75. The number of likely N-dealkylation sites (N-methyl/N-ethyl adjacent to an activating group) is 1. The molecule has 36 heavy (non-hydrogen) atoms. The van der Waals surface area contributed by atoms with Gasteiger partial charge in [0.15, 0.2) is 11.5 Å². The van der Waals surface area contributed by atoms with Gasteiger partial charge in [-0.25, -0.2) is 0 Å². The van der Waals surface area contributed by atoms with Gasteiger partial charge in [-0.05, 0) is 76.8 Å². The number of nitrogens with one attached hydrogen (secondary N) is 3. The number of ether oxygens (including phenoxy) is 2. The molecule has 0 radical (unpaired) electrons. The Balaban J connectivity index is 1.46. The summed E-state index contributed by atoms with van der Waals surface area (Å²) >= 11 is 17.1. The Morgan fingerprint density at radius 2 is 1.81 bits per heavy atom. The Hall–Kier alpha value is -3.27. The molecule has 12 heteroatoms. The molecule has 188 valence electrons. The molecule has 1 aliphatic heterocycles. The van der Waals surface area contributed by atoms with Gasteiger partial charge in [-0.2, -0.15) is 4.39 Å². The lowest BCUT2D eigenvalue weighted by Gasteiger charge is -2.36. The predicted molar refractivity (Wildman–Crippen MR) is 136 cm³/mol. The molecule has 1 aliphatic rings. The average Bonchev–Trinajstić information content (AvgIpc) is 2.83. The molecule has 0 fully saturated rings. The second-order valence-corrected chi connectivity index (χ2v) is 9.50. The molecule has 1 unspecified atom stereocenters. The van der Waals surface area contributed by atoms with Gasteiger partial charge in [-0.3, -0.25) is 14.6 Å². The van der Waals surface area contributed by atoms with Crippen LogP contribution in [0.5, 0.6) is 11.5 Å². The fraction of sp³-hybridized carbons (Fsp3) is 0.208. The minimum Gasteiger partial charge on any atom is -0.447 e. The van der Waals surface area contributed by atoms with E-state index < -0.39 is 15.7 Å². The van der Waals surface area contributed by atoms with Crippen LogP contribution in [0.1, 0.15) is 21.6 Å². The van der Waals surface area contributed by atoms with Crippen molar-refractivity contribution < 1.29 is 23.5 Å². The molecule has 3 aromatic rings. The smallest absolute Gasteiger partial charge is 0.397 e. The minimum absolute atomic E-state index is 0.0575. The van der Waals surface area contributed by atoms with Crippen LogP contribution in [0.3, 0.4) is 0 Å². The molecule has 1 atom stereocenters.